The van der Waals surface area contributed by atoms with Gasteiger partial charge in [-0.05, 0) is 71.7 Å². The van der Waals surface area contributed by atoms with Crippen molar-refractivity contribution in [3.63, 3.8) is 0 Å². The Labute approximate surface area is 304 Å². The Morgan fingerprint density at radius 3 is 2.49 bits per heavy atom. The van der Waals surface area contributed by atoms with Gasteiger partial charge in [-0.15, -0.1) is 0 Å². The second-order valence-electron chi connectivity index (χ2n) is 12.8. The molecule has 0 spiro atoms. The van der Waals surface area contributed by atoms with E-state index in [1.807, 2.05) is 50.2 Å². The quantitative estimate of drug-likeness (QED) is 0.0678. The summed E-state index contributed by atoms with van der Waals surface area (Å²) < 4.78 is 51.9. The highest BCUT2D eigenvalue weighted by Gasteiger charge is 2.29. The van der Waals surface area contributed by atoms with Crippen molar-refractivity contribution in [3.05, 3.63) is 134 Å². The standard InChI is InChI=1S/C39H39F3N4O7/c1-4-25(11-15-35(47)52-22-24-8-6-5-7-9-24)30-13-10-26(16-23(30)2)36(44-33-19-31-27(18-32(33)40)20-43-37(31)48)38(49)45(3)21-28-17-29(46(50)51)12-14-34(28)53-39(41)42/h5-10,12-14,16-19,25,36,39,44H,4,11,15,20-22H2,1-3H3,(H,43,48)/t25-,36?/m0/s1. The Morgan fingerprint density at radius 1 is 1.06 bits per heavy atom. The number of carbonyl (C=O) groups is 3. The third-order valence-corrected chi connectivity index (χ3v) is 9.18. The van der Waals surface area contributed by atoms with E-state index in [4.69, 9.17) is 4.74 Å². The number of nitro groups is 1. The van der Waals surface area contributed by atoms with E-state index in [-0.39, 0.29) is 60.6 Å². The second kappa shape index (κ2) is 17.1. The smallest absolute Gasteiger partial charge is 0.387 e. The van der Waals surface area contributed by atoms with Crippen molar-refractivity contribution in [1.82, 2.24) is 10.2 Å². The van der Waals surface area contributed by atoms with E-state index < -0.39 is 40.9 Å². The lowest BCUT2D eigenvalue weighted by molar-refractivity contribution is -0.385. The maximum atomic E-state index is 15.4. The van der Waals surface area contributed by atoms with Gasteiger partial charge in [-0.25, -0.2) is 4.39 Å². The molecule has 278 valence electrons. The fourth-order valence-electron chi connectivity index (χ4n) is 6.38. The number of anilines is 1. The molecule has 1 aliphatic rings. The predicted octanol–water partition coefficient (Wildman–Crippen LogP) is 7.72. The molecule has 14 heteroatoms. The van der Waals surface area contributed by atoms with Crippen molar-refractivity contribution in [3.8, 4) is 5.75 Å². The normalized spacial score (nSPS) is 13.2. The molecule has 4 aromatic rings. The van der Waals surface area contributed by atoms with Gasteiger partial charge >= 0.3 is 12.6 Å². The Hall–Kier alpha value is -5.92. The number of hydrogen-bond donors (Lipinski definition) is 2. The van der Waals surface area contributed by atoms with Gasteiger partial charge in [0, 0.05) is 49.8 Å². The third kappa shape index (κ3) is 9.50. The van der Waals surface area contributed by atoms with Crippen LogP contribution in [0.4, 0.5) is 24.5 Å². The van der Waals surface area contributed by atoms with Crippen molar-refractivity contribution in [1.29, 1.82) is 0 Å². The Bertz CT molecular complexity index is 1990. The van der Waals surface area contributed by atoms with Crippen LogP contribution in [0.25, 0.3) is 0 Å². The van der Waals surface area contributed by atoms with Crippen molar-refractivity contribution >= 4 is 29.2 Å². The number of ether oxygens (including phenoxy) is 2. The molecular formula is C39H39F3N4O7. The number of nitrogens with one attached hydrogen (secondary N) is 2. The number of nitrogens with zero attached hydrogens (tertiary/aromatic N) is 2. The summed E-state index contributed by atoms with van der Waals surface area (Å²) in [5.74, 6) is -2.42. The lowest BCUT2D eigenvalue weighted by Gasteiger charge is -2.27. The number of esters is 1. The fourth-order valence-corrected chi connectivity index (χ4v) is 6.38. The number of rotatable bonds is 16. The van der Waals surface area contributed by atoms with Crippen LogP contribution in [0, 0.1) is 22.9 Å². The summed E-state index contributed by atoms with van der Waals surface area (Å²) in [6.07, 6.45) is 1.42. The fraction of sp³-hybridized carbons (Fsp3) is 0.308. The number of aryl methyl sites for hydroxylation is 1. The van der Waals surface area contributed by atoms with E-state index in [9.17, 15) is 33.3 Å². The molecule has 0 aliphatic carbocycles. The summed E-state index contributed by atoms with van der Waals surface area (Å²) in [5, 5.41) is 17.0. The topological polar surface area (TPSA) is 140 Å². The Kier molecular flexibility index (Phi) is 12.3. The molecule has 0 saturated heterocycles. The van der Waals surface area contributed by atoms with E-state index in [2.05, 4.69) is 15.4 Å². The maximum Gasteiger partial charge on any atom is 0.387 e. The minimum atomic E-state index is -3.22. The molecular weight excluding hydrogens is 693 g/mol. The summed E-state index contributed by atoms with van der Waals surface area (Å²) in [6.45, 7) is 0.607. The first-order valence-electron chi connectivity index (χ1n) is 17.0. The molecule has 5 rings (SSSR count). The molecule has 0 bridgehead atoms. The van der Waals surface area contributed by atoms with Gasteiger partial charge in [0.15, 0.2) is 0 Å². The molecule has 53 heavy (non-hydrogen) atoms. The summed E-state index contributed by atoms with van der Waals surface area (Å²) in [6, 6.07) is 19.1. The van der Waals surface area contributed by atoms with Gasteiger partial charge in [-0.1, -0.05) is 55.5 Å². The van der Waals surface area contributed by atoms with Crippen LogP contribution in [-0.2, 0) is 34.0 Å². The predicted molar refractivity (Wildman–Crippen MR) is 190 cm³/mol. The highest BCUT2D eigenvalue weighted by Crippen LogP contribution is 2.34. The number of fused-ring (bicyclic) bond motifs is 1. The first-order chi connectivity index (χ1) is 25.3. The number of hydrogen-bond acceptors (Lipinski definition) is 8. The largest absolute Gasteiger partial charge is 0.461 e. The molecule has 1 heterocycles. The summed E-state index contributed by atoms with van der Waals surface area (Å²) in [4.78, 5) is 51.1. The van der Waals surface area contributed by atoms with Crippen LogP contribution in [0.3, 0.4) is 0 Å². The molecule has 4 aromatic carbocycles. The van der Waals surface area contributed by atoms with Crippen molar-refractivity contribution in [2.24, 2.45) is 0 Å². The zero-order valence-corrected chi connectivity index (χ0v) is 29.4. The van der Waals surface area contributed by atoms with Gasteiger partial charge < -0.3 is 25.0 Å². The number of non-ortho nitro benzene ring substituents is 1. The monoisotopic (exact) mass is 732 g/mol. The van der Waals surface area contributed by atoms with Gasteiger partial charge in [0.25, 0.3) is 11.6 Å². The van der Waals surface area contributed by atoms with Gasteiger partial charge in [-0.2, -0.15) is 8.78 Å². The molecule has 1 unspecified atom stereocenters. The van der Waals surface area contributed by atoms with Gasteiger partial charge in [0.2, 0.25) is 5.91 Å². The van der Waals surface area contributed by atoms with E-state index in [0.29, 0.717) is 24.0 Å². The van der Waals surface area contributed by atoms with Crippen LogP contribution in [-0.4, -0.2) is 41.3 Å². The molecule has 0 fully saturated rings. The molecule has 1 aliphatic heterocycles. The van der Waals surface area contributed by atoms with Crippen molar-refractivity contribution in [2.75, 3.05) is 12.4 Å². The first kappa shape index (κ1) is 38.3. The van der Waals surface area contributed by atoms with E-state index in [1.54, 1.807) is 12.1 Å². The Morgan fingerprint density at radius 2 is 1.81 bits per heavy atom. The van der Waals surface area contributed by atoms with Gasteiger partial charge in [0.1, 0.15) is 24.2 Å². The molecule has 2 N–H and O–H groups in total. The van der Waals surface area contributed by atoms with Crippen molar-refractivity contribution < 1.29 is 42.0 Å². The minimum Gasteiger partial charge on any atom is -0.461 e. The molecule has 11 nitrogen and oxygen atoms in total. The number of benzene rings is 4. The minimum absolute atomic E-state index is 0.0205. The number of amides is 2. The van der Waals surface area contributed by atoms with Crippen LogP contribution < -0.4 is 15.4 Å². The van der Waals surface area contributed by atoms with Crippen LogP contribution in [0.15, 0.2) is 78.9 Å². The summed E-state index contributed by atoms with van der Waals surface area (Å²) >= 11 is 0. The number of likely N-dealkylation sites (N-methyl/N-ethyl adjacent to an activating group) is 1. The zero-order chi connectivity index (χ0) is 38.2. The lowest BCUT2D eigenvalue weighted by atomic mass is 9.87. The highest BCUT2D eigenvalue weighted by molar-refractivity contribution is 5.99. The molecule has 2 atom stereocenters. The average molecular weight is 733 g/mol. The highest BCUT2D eigenvalue weighted by atomic mass is 19.3. The van der Waals surface area contributed by atoms with E-state index >= 15 is 4.39 Å². The number of nitro benzene ring substituents is 1. The average Bonchev–Trinajstić information content (AvgIpc) is 3.49. The van der Waals surface area contributed by atoms with E-state index in [0.717, 1.165) is 39.8 Å². The molecule has 2 amide bonds. The number of alkyl halides is 2. The zero-order valence-electron chi connectivity index (χ0n) is 29.4. The molecule has 0 saturated carbocycles. The summed E-state index contributed by atoms with van der Waals surface area (Å²) in [5.41, 5.74) is 3.21. The van der Waals surface area contributed by atoms with Gasteiger partial charge in [0.05, 0.1) is 10.6 Å². The van der Waals surface area contributed by atoms with Crippen LogP contribution >= 0.6 is 0 Å². The first-order valence-corrected chi connectivity index (χ1v) is 17.0. The molecule has 0 radical (unpaired) electrons. The van der Waals surface area contributed by atoms with Crippen LogP contribution in [0.5, 0.6) is 5.75 Å². The maximum absolute atomic E-state index is 15.4. The Balaban J connectivity index is 1.41. The third-order valence-electron chi connectivity index (χ3n) is 9.18. The number of carbonyl (C=O) groups excluding carboxylic acids is 3. The second-order valence-corrected chi connectivity index (χ2v) is 12.8. The summed E-state index contributed by atoms with van der Waals surface area (Å²) in [7, 11) is 1.37. The SMILES string of the molecule is CC[C@@H](CCC(=O)OCc1ccccc1)c1ccc(C(Nc2cc3c(cc2F)CNC3=O)C(=O)N(C)Cc2cc([N+](=O)[O-])ccc2OC(F)F)cc1C. The van der Waals surface area contributed by atoms with Crippen molar-refractivity contribution in [2.45, 2.75) is 71.4 Å². The molecule has 0 aromatic heterocycles. The van der Waals surface area contributed by atoms with Crippen LogP contribution in [0.2, 0.25) is 0 Å². The van der Waals surface area contributed by atoms with Crippen LogP contribution in [0.1, 0.15) is 81.9 Å². The van der Waals surface area contributed by atoms with Gasteiger partial charge in [-0.3, -0.25) is 24.5 Å². The lowest BCUT2D eigenvalue weighted by Crippen LogP contribution is -2.35. The number of halogens is 3. The van der Waals surface area contributed by atoms with E-state index in [1.165, 1.54) is 19.2 Å².